The minimum Gasteiger partial charge on any atom is -0.392 e. The van der Waals surface area contributed by atoms with Gasteiger partial charge in [0.1, 0.15) is 5.82 Å². The number of benzene rings is 1. The standard InChI is InChI=1S/C14H19ClFNO2/c1-9(2)13(18)7-14(19)17(3)8-10-4-5-11(15)12(16)6-10/h4-6,9,13,18H,7-8H2,1-3H3/t13-/m1/s1. The van der Waals surface area contributed by atoms with Crippen molar-refractivity contribution < 1.29 is 14.3 Å². The van der Waals surface area contributed by atoms with E-state index in [0.717, 1.165) is 0 Å². The number of carbonyl (C=O) groups is 1. The second kappa shape index (κ2) is 6.87. The van der Waals surface area contributed by atoms with Crippen LogP contribution < -0.4 is 0 Å². The number of halogens is 2. The molecule has 1 rings (SSSR count). The normalized spacial score (nSPS) is 12.6. The van der Waals surface area contributed by atoms with Crippen molar-refractivity contribution in [3.05, 3.63) is 34.6 Å². The molecule has 0 aliphatic rings. The topological polar surface area (TPSA) is 40.5 Å². The Balaban J connectivity index is 2.61. The lowest BCUT2D eigenvalue weighted by Gasteiger charge is -2.21. The van der Waals surface area contributed by atoms with Crippen molar-refractivity contribution in [1.29, 1.82) is 0 Å². The molecule has 0 saturated heterocycles. The summed E-state index contributed by atoms with van der Waals surface area (Å²) in [4.78, 5) is 13.3. The average molecular weight is 288 g/mol. The van der Waals surface area contributed by atoms with Crippen LogP contribution in [0.25, 0.3) is 0 Å². The zero-order chi connectivity index (χ0) is 14.6. The lowest BCUT2D eigenvalue weighted by atomic mass is 10.0. The van der Waals surface area contributed by atoms with Gasteiger partial charge in [-0.05, 0) is 23.6 Å². The average Bonchev–Trinajstić information content (AvgIpc) is 2.33. The van der Waals surface area contributed by atoms with Crippen molar-refractivity contribution in [2.24, 2.45) is 5.92 Å². The first-order chi connectivity index (χ1) is 8.81. The van der Waals surface area contributed by atoms with Gasteiger partial charge in [-0.1, -0.05) is 31.5 Å². The third-order valence-corrected chi connectivity index (χ3v) is 3.29. The number of aliphatic hydroxyl groups is 1. The number of rotatable bonds is 5. The molecule has 0 aliphatic carbocycles. The van der Waals surface area contributed by atoms with Crippen LogP contribution in [0.5, 0.6) is 0 Å². The van der Waals surface area contributed by atoms with E-state index in [1.165, 1.54) is 17.0 Å². The number of nitrogens with zero attached hydrogens (tertiary/aromatic N) is 1. The van der Waals surface area contributed by atoms with Gasteiger partial charge in [0.05, 0.1) is 17.5 Å². The molecule has 1 aromatic rings. The molecule has 0 spiro atoms. The third kappa shape index (κ3) is 4.80. The van der Waals surface area contributed by atoms with Crippen molar-refractivity contribution in [3.63, 3.8) is 0 Å². The summed E-state index contributed by atoms with van der Waals surface area (Å²) in [6, 6.07) is 4.45. The van der Waals surface area contributed by atoms with Gasteiger partial charge in [-0.25, -0.2) is 4.39 Å². The molecule has 1 atom stereocenters. The summed E-state index contributed by atoms with van der Waals surface area (Å²) < 4.78 is 13.3. The Morgan fingerprint density at radius 2 is 2.11 bits per heavy atom. The molecule has 0 aliphatic heterocycles. The maximum Gasteiger partial charge on any atom is 0.225 e. The molecule has 0 bridgehead atoms. The largest absolute Gasteiger partial charge is 0.392 e. The molecule has 0 saturated carbocycles. The molecule has 0 radical (unpaired) electrons. The van der Waals surface area contributed by atoms with E-state index in [1.807, 2.05) is 13.8 Å². The lowest BCUT2D eigenvalue weighted by Crippen LogP contribution is -2.31. The molecule has 19 heavy (non-hydrogen) atoms. The summed E-state index contributed by atoms with van der Waals surface area (Å²) in [5.74, 6) is -0.635. The summed E-state index contributed by atoms with van der Waals surface area (Å²) in [5, 5.41) is 9.73. The Kier molecular flexibility index (Phi) is 5.76. The lowest BCUT2D eigenvalue weighted by molar-refractivity contribution is -0.133. The van der Waals surface area contributed by atoms with Gasteiger partial charge in [-0.15, -0.1) is 0 Å². The van der Waals surface area contributed by atoms with Crippen LogP contribution in [-0.2, 0) is 11.3 Å². The van der Waals surface area contributed by atoms with Crippen LogP contribution in [-0.4, -0.2) is 29.1 Å². The molecular formula is C14H19ClFNO2. The predicted octanol–water partition coefficient (Wildman–Crippen LogP) is 2.84. The first-order valence-corrected chi connectivity index (χ1v) is 6.55. The Bertz CT molecular complexity index is 451. The Morgan fingerprint density at radius 1 is 1.47 bits per heavy atom. The van der Waals surface area contributed by atoms with E-state index in [0.29, 0.717) is 5.56 Å². The fourth-order valence-electron chi connectivity index (χ4n) is 1.57. The first kappa shape index (κ1) is 15.9. The van der Waals surface area contributed by atoms with Crippen LogP contribution in [0, 0.1) is 11.7 Å². The van der Waals surface area contributed by atoms with E-state index < -0.39 is 11.9 Å². The fraction of sp³-hybridized carbons (Fsp3) is 0.500. The van der Waals surface area contributed by atoms with E-state index in [1.54, 1.807) is 13.1 Å². The Labute approximate surface area is 118 Å². The van der Waals surface area contributed by atoms with Crippen molar-refractivity contribution >= 4 is 17.5 Å². The van der Waals surface area contributed by atoms with Gasteiger partial charge >= 0.3 is 0 Å². The number of hydrogen-bond acceptors (Lipinski definition) is 2. The molecule has 0 unspecified atom stereocenters. The molecule has 5 heteroatoms. The van der Waals surface area contributed by atoms with Gasteiger partial charge in [-0.2, -0.15) is 0 Å². The molecule has 1 amide bonds. The Morgan fingerprint density at radius 3 is 2.63 bits per heavy atom. The maximum absolute atomic E-state index is 13.3. The summed E-state index contributed by atoms with van der Waals surface area (Å²) in [6.07, 6.45) is -0.582. The number of hydrogen-bond donors (Lipinski definition) is 1. The smallest absolute Gasteiger partial charge is 0.225 e. The van der Waals surface area contributed by atoms with Gasteiger partial charge < -0.3 is 10.0 Å². The molecular weight excluding hydrogens is 269 g/mol. The van der Waals surface area contributed by atoms with Crippen molar-refractivity contribution in [2.45, 2.75) is 32.9 Å². The molecule has 3 nitrogen and oxygen atoms in total. The Hall–Kier alpha value is -1.13. The second-order valence-electron chi connectivity index (χ2n) is 5.01. The molecule has 0 fully saturated rings. The summed E-state index contributed by atoms with van der Waals surface area (Å²) in [6.45, 7) is 4.00. The number of amides is 1. The van der Waals surface area contributed by atoms with Gasteiger partial charge in [0.25, 0.3) is 0 Å². The van der Waals surface area contributed by atoms with Gasteiger partial charge in [0.15, 0.2) is 0 Å². The van der Waals surface area contributed by atoms with Crippen LogP contribution in [0.3, 0.4) is 0 Å². The zero-order valence-electron chi connectivity index (χ0n) is 11.4. The van der Waals surface area contributed by atoms with E-state index in [9.17, 15) is 14.3 Å². The molecule has 0 aromatic heterocycles. The fourth-order valence-corrected chi connectivity index (χ4v) is 1.69. The summed E-state index contributed by atoms with van der Waals surface area (Å²) >= 11 is 5.59. The number of carbonyl (C=O) groups excluding carboxylic acids is 1. The van der Waals surface area contributed by atoms with Crippen molar-refractivity contribution in [1.82, 2.24) is 4.90 Å². The highest BCUT2D eigenvalue weighted by Crippen LogP contribution is 2.17. The monoisotopic (exact) mass is 287 g/mol. The van der Waals surface area contributed by atoms with Crippen molar-refractivity contribution in [2.75, 3.05) is 7.05 Å². The highest BCUT2D eigenvalue weighted by atomic mass is 35.5. The first-order valence-electron chi connectivity index (χ1n) is 6.17. The summed E-state index contributed by atoms with van der Waals surface area (Å²) in [7, 11) is 1.63. The molecule has 106 valence electrons. The molecule has 1 N–H and O–H groups in total. The van der Waals surface area contributed by atoms with Crippen LogP contribution in [0.2, 0.25) is 5.02 Å². The van der Waals surface area contributed by atoms with E-state index in [2.05, 4.69) is 0 Å². The highest BCUT2D eigenvalue weighted by molar-refractivity contribution is 6.30. The summed E-state index contributed by atoms with van der Waals surface area (Å²) in [5.41, 5.74) is 0.664. The van der Waals surface area contributed by atoms with E-state index in [-0.39, 0.29) is 29.8 Å². The van der Waals surface area contributed by atoms with E-state index in [4.69, 9.17) is 11.6 Å². The van der Waals surface area contributed by atoms with Gasteiger partial charge in [0, 0.05) is 13.6 Å². The van der Waals surface area contributed by atoms with E-state index >= 15 is 0 Å². The van der Waals surface area contributed by atoms with Crippen LogP contribution in [0.15, 0.2) is 18.2 Å². The van der Waals surface area contributed by atoms with Crippen molar-refractivity contribution in [3.8, 4) is 0 Å². The third-order valence-electron chi connectivity index (χ3n) is 2.98. The SMILES string of the molecule is CC(C)[C@H](O)CC(=O)N(C)Cc1ccc(Cl)c(F)c1. The zero-order valence-corrected chi connectivity index (χ0v) is 12.1. The highest BCUT2D eigenvalue weighted by Gasteiger charge is 2.17. The molecule has 0 heterocycles. The maximum atomic E-state index is 13.3. The minimum absolute atomic E-state index is 0.0327. The quantitative estimate of drug-likeness (QED) is 0.905. The minimum atomic E-state index is -0.656. The molecule has 1 aromatic carbocycles. The van der Waals surface area contributed by atoms with Crippen LogP contribution in [0.4, 0.5) is 4.39 Å². The van der Waals surface area contributed by atoms with Gasteiger partial charge in [-0.3, -0.25) is 4.79 Å². The van der Waals surface area contributed by atoms with Crippen LogP contribution in [0.1, 0.15) is 25.8 Å². The van der Waals surface area contributed by atoms with Crippen LogP contribution >= 0.6 is 11.6 Å². The number of aliphatic hydroxyl groups excluding tert-OH is 1. The second-order valence-corrected chi connectivity index (χ2v) is 5.42. The predicted molar refractivity (Wildman–Crippen MR) is 73.3 cm³/mol. The van der Waals surface area contributed by atoms with Gasteiger partial charge in [0.2, 0.25) is 5.91 Å².